The van der Waals surface area contributed by atoms with Crippen LogP contribution in [0.5, 0.6) is 0 Å². The van der Waals surface area contributed by atoms with Crippen LogP contribution in [0.15, 0.2) is 36.7 Å². The van der Waals surface area contributed by atoms with Crippen LogP contribution in [0.3, 0.4) is 0 Å². The Bertz CT molecular complexity index is 686. The zero-order chi connectivity index (χ0) is 16.0. The van der Waals surface area contributed by atoms with E-state index < -0.39 is 5.54 Å². The lowest BCUT2D eigenvalue weighted by Crippen LogP contribution is -2.52. The largest absolute Gasteiger partial charge is 0.322 e. The van der Waals surface area contributed by atoms with Crippen molar-refractivity contribution in [2.45, 2.75) is 44.7 Å². The Kier molecular flexibility index (Phi) is 3.33. The van der Waals surface area contributed by atoms with Gasteiger partial charge in [-0.15, -0.1) is 0 Å². The number of nitrogens with zero attached hydrogens (tertiary/aromatic N) is 2. The average molecular weight is 298 g/mol. The fourth-order valence-corrected chi connectivity index (χ4v) is 2.81. The highest BCUT2D eigenvalue weighted by atomic mass is 16.2. The smallest absolute Gasteiger partial charge is 0.245 e. The van der Waals surface area contributed by atoms with Gasteiger partial charge in [0.2, 0.25) is 5.91 Å². The maximum atomic E-state index is 12.6. The lowest BCUT2D eigenvalue weighted by molar-refractivity contribution is -0.120. The number of rotatable bonds is 2. The molecule has 1 aliphatic carbocycles. The molecule has 2 aromatic rings. The van der Waals surface area contributed by atoms with Crippen LogP contribution in [-0.4, -0.2) is 21.2 Å². The van der Waals surface area contributed by atoms with Crippen molar-refractivity contribution in [3.63, 3.8) is 0 Å². The van der Waals surface area contributed by atoms with Crippen molar-refractivity contribution in [1.29, 1.82) is 0 Å². The maximum absolute atomic E-state index is 12.6. The first-order chi connectivity index (χ1) is 10.3. The molecule has 22 heavy (non-hydrogen) atoms. The van der Waals surface area contributed by atoms with E-state index in [1.807, 2.05) is 35.1 Å². The second-order valence-corrected chi connectivity index (χ2v) is 7.08. The predicted molar refractivity (Wildman–Crippen MR) is 86.6 cm³/mol. The molecule has 0 spiro atoms. The average Bonchev–Trinajstić information content (AvgIpc) is 3.02. The van der Waals surface area contributed by atoms with Gasteiger partial charge in [-0.25, -0.2) is 0 Å². The van der Waals surface area contributed by atoms with Crippen LogP contribution in [0.4, 0.5) is 5.69 Å². The van der Waals surface area contributed by atoms with E-state index in [9.17, 15) is 4.79 Å². The van der Waals surface area contributed by atoms with Gasteiger partial charge in [0.05, 0.1) is 17.4 Å². The number of benzene rings is 1. The molecule has 0 atom stereocenters. The molecule has 5 nitrogen and oxygen atoms in total. The van der Waals surface area contributed by atoms with Crippen molar-refractivity contribution >= 4 is 11.6 Å². The number of carbonyl (C=O) groups excluding carboxylic acids is 1. The standard InChI is InChI=1S/C17H22N4O/c1-16(2,3)21-11-14(10-19-21)20-15(22)17(18)8-12-6-4-5-7-13(12)9-17/h4-7,10-11H,8-9,18H2,1-3H3,(H,20,22). The number of fused-ring (bicyclic) bond motifs is 1. The summed E-state index contributed by atoms with van der Waals surface area (Å²) in [5.41, 5.74) is 8.35. The molecule has 1 heterocycles. The Hall–Kier alpha value is -2.14. The molecule has 1 aliphatic rings. The monoisotopic (exact) mass is 298 g/mol. The van der Waals surface area contributed by atoms with Gasteiger partial charge in [0.25, 0.3) is 0 Å². The van der Waals surface area contributed by atoms with Crippen LogP contribution in [-0.2, 0) is 23.2 Å². The zero-order valence-corrected chi connectivity index (χ0v) is 13.3. The maximum Gasteiger partial charge on any atom is 0.245 e. The lowest BCUT2D eigenvalue weighted by Gasteiger charge is -2.22. The Labute approximate surface area is 130 Å². The summed E-state index contributed by atoms with van der Waals surface area (Å²) in [5.74, 6) is -0.155. The Morgan fingerprint density at radius 3 is 2.36 bits per heavy atom. The van der Waals surface area contributed by atoms with Crippen molar-refractivity contribution in [2.75, 3.05) is 5.32 Å². The minimum Gasteiger partial charge on any atom is -0.322 e. The minimum atomic E-state index is -0.881. The third-order valence-corrected chi connectivity index (χ3v) is 4.11. The summed E-state index contributed by atoms with van der Waals surface area (Å²) in [6.07, 6.45) is 4.64. The highest BCUT2D eigenvalue weighted by Crippen LogP contribution is 2.29. The first-order valence-electron chi connectivity index (χ1n) is 7.50. The topological polar surface area (TPSA) is 72.9 Å². The lowest BCUT2D eigenvalue weighted by atomic mass is 9.96. The van der Waals surface area contributed by atoms with E-state index in [2.05, 4.69) is 31.2 Å². The van der Waals surface area contributed by atoms with E-state index in [0.29, 0.717) is 18.5 Å². The molecule has 0 bridgehead atoms. The second kappa shape index (κ2) is 4.95. The van der Waals surface area contributed by atoms with E-state index in [-0.39, 0.29) is 11.4 Å². The number of nitrogens with two attached hydrogens (primary N) is 1. The highest BCUT2D eigenvalue weighted by molar-refractivity contribution is 5.98. The Morgan fingerprint density at radius 2 is 1.86 bits per heavy atom. The highest BCUT2D eigenvalue weighted by Gasteiger charge is 2.40. The van der Waals surface area contributed by atoms with Gasteiger partial charge in [-0.2, -0.15) is 5.10 Å². The summed E-state index contributed by atoms with van der Waals surface area (Å²) in [4.78, 5) is 12.6. The third-order valence-electron chi connectivity index (χ3n) is 4.11. The number of nitrogens with one attached hydrogen (secondary N) is 1. The normalized spacial score (nSPS) is 16.4. The molecular formula is C17H22N4O. The summed E-state index contributed by atoms with van der Waals surface area (Å²) in [6.45, 7) is 6.18. The van der Waals surface area contributed by atoms with E-state index in [4.69, 9.17) is 5.73 Å². The van der Waals surface area contributed by atoms with Gasteiger partial charge in [0, 0.05) is 6.20 Å². The number of hydrogen-bond donors (Lipinski definition) is 2. The van der Waals surface area contributed by atoms with Crippen LogP contribution in [0, 0.1) is 0 Å². The molecule has 1 amide bonds. The van der Waals surface area contributed by atoms with Gasteiger partial charge in [-0.05, 0) is 44.7 Å². The molecule has 3 N–H and O–H groups in total. The van der Waals surface area contributed by atoms with E-state index in [1.54, 1.807) is 6.20 Å². The molecule has 3 rings (SSSR count). The summed E-state index contributed by atoms with van der Waals surface area (Å²) < 4.78 is 1.83. The first kappa shape index (κ1) is 14.8. The number of aromatic nitrogens is 2. The molecular weight excluding hydrogens is 276 g/mol. The van der Waals surface area contributed by atoms with Crippen molar-refractivity contribution in [3.8, 4) is 0 Å². The molecule has 0 fully saturated rings. The van der Waals surface area contributed by atoms with Crippen LogP contribution in [0.2, 0.25) is 0 Å². The van der Waals surface area contributed by atoms with Crippen LogP contribution in [0.1, 0.15) is 31.9 Å². The predicted octanol–water partition coefficient (Wildman–Crippen LogP) is 2.07. The fraction of sp³-hybridized carbons (Fsp3) is 0.412. The van der Waals surface area contributed by atoms with Crippen molar-refractivity contribution in [3.05, 3.63) is 47.8 Å². The van der Waals surface area contributed by atoms with Gasteiger partial charge in [0.15, 0.2) is 0 Å². The van der Waals surface area contributed by atoms with Gasteiger partial charge in [-0.3, -0.25) is 9.48 Å². The first-order valence-corrected chi connectivity index (χ1v) is 7.50. The van der Waals surface area contributed by atoms with Crippen molar-refractivity contribution in [2.24, 2.45) is 5.73 Å². The quantitative estimate of drug-likeness (QED) is 0.891. The number of hydrogen-bond acceptors (Lipinski definition) is 3. The molecule has 5 heteroatoms. The number of anilines is 1. The van der Waals surface area contributed by atoms with E-state index in [1.165, 1.54) is 0 Å². The second-order valence-electron chi connectivity index (χ2n) is 7.08. The molecule has 0 unspecified atom stereocenters. The SMILES string of the molecule is CC(C)(C)n1cc(NC(=O)C2(N)Cc3ccccc3C2)cn1. The summed E-state index contributed by atoms with van der Waals surface area (Å²) >= 11 is 0. The van der Waals surface area contributed by atoms with Gasteiger partial charge in [-0.1, -0.05) is 24.3 Å². The number of amides is 1. The van der Waals surface area contributed by atoms with Crippen LogP contribution < -0.4 is 11.1 Å². The third kappa shape index (κ3) is 2.64. The molecule has 0 radical (unpaired) electrons. The fourth-order valence-electron chi connectivity index (χ4n) is 2.81. The Balaban J connectivity index is 1.74. The summed E-state index contributed by atoms with van der Waals surface area (Å²) in [6, 6.07) is 8.04. The van der Waals surface area contributed by atoms with Crippen LogP contribution >= 0.6 is 0 Å². The molecule has 1 aromatic heterocycles. The number of carbonyl (C=O) groups is 1. The van der Waals surface area contributed by atoms with Gasteiger partial charge >= 0.3 is 0 Å². The summed E-state index contributed by atoms with van der Waals surface area (Å²) in [7, 11) is 0. The molecule has 116 valence electrons. The molecule has 0 aliphatic heterocycles. The van der Waals surface area contributed by atoms with E-state index >= 15 is 0 Å². The van der Waals surface area contributed by atoms with Crippen LogP contribution in [0.25, 0.3) is 0 Å². The van der Waals surface area contributed by atoms with Gasteiger partial charge < -0.3 is 11.1 Å². The van der Waals surface area contributed by atoms with Crippen molar-refractivity contribution < 1.29 is 4.79 Å². The van der Waals surface area contributed by atoms with Gasteiger partial charge in [0.1, 0.15) is 5.54 Å². The van der Waals surface area contributed by atoms with Crippen molar-refractivity contribution in [1.82, 2.24) is 9.78 Å². The molecule has 0 saturated carbocycles. The summed E-state index contributed by atoms with van der Waals surface area (Å²) in [5, 5.41) is 7.19. The van der Waals surface area contributed by atoms with E-state index in [0.717, 1.165) is 11.1 Å². The molecule has 0 saturated heterocycles. The zero-order valence-electron chi connectivity index (χ0n) is 13.3. The minimum absolute atomic E-state index is 0.118. The molecule has 1 aromatic carbocycles. The Morgan fingerprint density at radius 1 is 1.27 bits per heavy atom.